The van der Waals surface area contributed by atoms with E-state index < -0.39 is 6.13 Å². The molecule has 1 N–H and O–H groups in total. The molecule has 0 heterocycles. The van der Waals surface area contributed by atoms with E-state index in [1.807, 2.05) is 0 Å². The van der Waals surface area contributed by atoms with Gasteiger partial charge in [-0.1, -0.05) is 13.8 Å². The zero-order chi connectivity index (χ0) is 6.57. The Morgan fingerprint density at radius 2 is 1.78 bits per heavy atom. The predicted octanol–water partition coefficient (Wildman–Crippen LogP) is 1.52. The van der Waals surface area contributed by atoms with Gasteiger partial charge in [-0.2, -0.15) is 10.1 Å². The summed E-state index contributed by atoms with van der Waals surface area (Å²) >= 11 is 4.02. The summed E-state index contributed by atoms with van der Waals surface area (Å²) in [5.74, 6) is 2.18. The fourth-order valence-corrected chi connectivity index (χ4v) is 5.26. The molecule has 0 fully saturated rings. The molecule has 58 valence electrons. The molecule has 0 saturated heterocycles. The second-order valence-corrected chi connectivity index (χ2v) is 9.13. The van der Waals surface area contributed by atoms with Crippen molar-refractivity contribution in [1.29, 1.82) is 0 Å². The van der Waals surface area contributed by atoms with Gasteiger partial charge in [0.2, 0.25) is 0 Å². The third kappa shape index (κ3) is 6.19. The molecule has 0 aromatic rings. The molecule has 5 heteroatoms. The smallest absolute Gasteiger partial charge is 0.0631 e. The molecular weight excluding hydrogens is 255 g/mol. The minimum atomic E-state index is -1.25. The molecule has 9 heavy (non-hydrogen) atoms. The van der Waals surface area contributed by atoms with Crippen molar-refractivity contribution in [2.45, 2.75) is 13.8 Å². The van der Waals surface area contributed by atoms with E-state index in [1.165, 1.54) is 0 Å². The molecule has 0 rings (SSSR count). The van der Waals surface area contributed by atoms with Crippen LogP contribution in [0.4, 0.5) is 0 Å². The van der Waals surface area contributed by atoms with Crippen molar-refractivity contribution in [3.8, 4) is 0 Å². The molecule has 1 nitrogen and oxygen atoms in total. The average molecular weight is 268 g/mol. The van der Waals surface area contributed by atoms with Crippen molar-refractivity contribution in [3.05, 3.63) is 0 Å². The number of hydrogen-bond donors (Lipinski definition) is 2. The fourth-order valence-electron chi connectivity index (χ4n) is 0.462. The average Bonchev–Trinajstić information content (AvgIpc) is 1.69. The maximum atomic E-state index is 8.99. The minimum absolute atomic E-state index is 0. The zero-order valence-corrected chi connectivity index (χ0v) is 10.3. The van der Waals surface area contributed by atoms with Gasteiger partial charge in [0.05, 0.1) is 6.13 Å². The summed E-state index contributed by atoms with van der Waals surface area (Å²) in [4.78, 5) is 8.99. The van der Waals surface area contributed by atoms with E-state index in [0.717, 1.165) is 11.5 Å². The van der Waals surface area contributed by atoms with E-state index in [2.05, 4.69) is 26.1 Å². The van der Waals surface area contributed by atoms with Crippen molar-refractivity contribution in [1.82, 2.24) is 0 Å². The van der Waals surface area contributed by atoms with Crippen LogP contribution in [0.5, 0.6) is 0 Å². The van der Waals surface area contributed by atoms with E-state index in [4.69, 9.17) is 4.89 Å². The van der Waals surface area contributed by atoms with Crippen LogP contribution in [0.1, 0.15) is 13.8 Å². The van der Waals surface area contributed by atoms with E-state index in [0.29, 0.717) is 0 Å². The molecule has 0 aliphatic heterocycles. The third-order valence-electron chi connectivity index (χ3n) is 0.955. The van der Waals surface area contributed by atoms with Crippen LogP contribution in [-0.4, -0.2) is 16.4 Å². The van der Waals surface area contributed by atoms with Gasteiger partial charge in [0.1, 0.15) is 0 Å². The second-order valence-electron chi connectivity index (χ2n) is 1.35. The van der Waals surface area contributed by atoms with Gasteiger partial charge in [0.15, 0.2) is 0 Å². The van der Waals surface area contributed by atoms with Gasteiger partial charge >= 0.3 is 0 Å². The Morgan fingerprint density at radius 3 is 1.78 bits per heavy atom. The van der Waals surface area contributed by atoms with Crippen molar-refractivity contribution in [2.24, 2.45) is 0 Å². The normalized spacial score (nSPS) is 13.0. The summed E-state index contributed by atoms with van der Waals surface area (Å²) in [5, 5.41) is 0. The Bertz CT molecular complexity index is 96.7. The predicted molar refractivity (Wildman–Crippen MR) is 48.0 cm³/mol. The van der Waals surface area contributed by atoms with Gasteiger partial charge in [-0.15, -0.1) is 12.2 Å². The molecule has 0 spiro atoms. The molecule has 0 aliphatic rings. The van der Waals surface area contributed by atoms with Crippen LogP contribution in [0.25, 0.3) is 0 Å². The Kier molecular flexibility index (Phi) is 11.7. The van der Waals surface area contributed by atoms with Crippen LogP contribution in [0.3, 0.4) is 0 Å². The Balaban J connectivity index is 0. The van der Waals surface area contributed by atoms with Gasteiger partial charge in [-0.05, 0) is 11.5 Å². The monoisotopic (exact) mass is 270 g/mol. The quantitative estimate of drug-likeness (QED) is 0.442. The molecule has 1 unspecified atom stereocenters. The van der Waals surface area contributed by atoms with Gasteiger partial charge in [-0.3, -0.25) is 0 Å². The Morgan fingerprint density at radius 1 is 1.44 bits per heavy atom. The van der Waals surface area contributed by atoms with Gasteiger partial charge < -0.3 is 4.89 Å². The van der Waals surface area contributed by atoms with Crippen LogP contribution in [0.2, 0.25) is 0 Å². The SMILES string of the molecule is CCS(CC)=[PH](O)S.[Mo]. The van der Waals surface area contributed by atoms with Gasteiger partial charge in [0.25, 0.3) is 0 Å². The van der Waals surface area contributed by atoms with Crippen molar-refractivity contribution < 1.29 is 26.0 Å². The molecular formula is C4H13MoOPS2. The summed E-state index contributed by atoms with van der Waals surface area (Å²) in [6.07, 6.45) is -1.25. The summed E-state index contributed by atoms with van der Waals surface area (Å²) in [6.45, 7) is 4.20. The zero-order valence-electron chi connectivity index (χ0n) is 5.63. The summed E-state index contributed by atoms with van der Waals surface area (Å²) in [6, 6.07) is 0. The maximum absolute atomic E-state index is 8.99. The first kappa shape index (κ1) is 13.4. The second kappa shape index (κ2) is 7.88. The molecule has 0 aromatic carbocycles. The van der Waals surface area contributed by atoms with Crippen LogP contribution in [-0.2, 0) is 31.1 Å². The third-order valence-corrected chi connectivity index (χ3v) is 8.47. The summed E-state index contributed by atoms with van der Waals surface area (Å²) in [5.41, 5.74) is 0. The minimum Gasteiger partial charge on any atom is -0.364 e. The topological polar surface area (TPSA) is 20.2 Å². The largest absolute Gasteiger partial charge is 0.364 e. The molecule has 0 saturated carbocycles. The van der Waals surface area contributed by atoms with Crippen LogP contribution >= 0.6 is 18.4 Å². The fraction of sp³-hybridized carbons (Fsp3) is 1.00. The molecule has 0 aromatic heterocycles. The van der Waals surface area contributed by atoms with Gasteiger partial charge in [-0.25, -0.2) is 0 Å². The van der Waals surface area contributed by atoms with Crippen LogP contribution < -0.4 is 0 Å². The van der Waals surface area contributed by atoms with Gasteiger partial charge in [0, 0.05) is 21.1 Å². The first-order valence-electron chi connectivity index (χ1n) is 2.64. The first-order chi connectivity index (χ1) is 3.72. The number of rotatable bonds is 2. The van der Waals surface area contributed by atoms with E-state index in [9.17, 15) is 0 Å². The van der Waals surface area contributed by atoms with Crippen molar-refractivity contribution in [2.75, 3.05) is 11.5 Å². The molecule has 1 atom stereocenters. The maximum Gasteiger partial charge on any atom is 0.0631 e. The van der Waals surface area contributed by atoms with Crippen molar-refractivity contribution >= 4 is 28.4 Å². The molecule has 0 radical (unpaired) electrons. The summed E-state index contributed by atoms with van der Waals surface area (Å²) < 4.78 is 0. The molecule has 0 bridgehead atoms. The molecule has 0 amide bonds. The van der Waals surface area contributed by atoms with Crippen LogP contribution in [0.15, 0.2) is 0 Å². The van der Waals surface area contributed by atoms with E-state index in [-0.39, 0.29) is 31.1 Å². The first-order valence-corrected chi connectivity index (χ1v) is 7.67. The number of thiol groups is 1. The van der Waals surface area contributed by atoms with E-state index >= 15 is 0 Å². The number of hydrogen-bond acceptors (Lipinski definition) is 0. The summed E-state index contributed by atoms with van der Waals surface area (Å²) in [7, 11) is 0.231. The Hall–Kier alpha value is 1.78. The molecule has 0 aliphatic carbocycles. The Labute approximate surface area is 79.5 Å². The van der Waals surface area contributed by atoms with Crippen LogP contribution in [0, 0.1) is 0 Å². The van der Waals surface area contributed by atoms with Crippen molar-refractivity contribution in [3.63, 3.8) is 0 Å². The van der Waals surface area contributed by atoms with E-state index in [1.54, 1.807) is 0 Å². The standard InChI is InChI=1S/C4H13OPS2.Mo/c1-3-8(4-2)6(5)7;/h5-7H,3-4H2,1-2H3;.